The standard InChI is InChI=1S/C16H18O2/c1-17-12-5-13-18-16-10-8-15(9-11-16)14-6-3-2-4-7-14/h2-4,6-11H,5,12-13H2,1H3. The van der Waals surface area contributed by atoms with Crippen LogP contribution in [0, 0.1) is 0 Å². The first-order valence-corrected chi connectivity index (χ1v) is 6.17. The maximum atomic E-state index is 5.62. The molecule has 0 heterocycles. The van der Waals surface area contributed by atoms with Crippen molar-refractivity contribution in [3.63, 3.8) is 0 Å². The van der Waals surface area contributed by atoms with Gasteiger partial charge in [-0.1, -0.05) is 42.5 Å². The molecule has 0 spiro atoms. The van der Waals surface area contributed by atoms with Gasteiger partial charge >= 0.3 is 0 Å². The van der Waals surface area contributed by atoms with Crippen LogP contribution in [0.5, 0.6) is 5.75 Å². The highest BCUT2D eigenvalue weighted by molar-refractivity contribution is 5.63. The zero-order valence-electron chi connectivity index (χ0n) is 10.6. The Kier molecular flexibility index (Phi) is 4.79. The molecule has 2 heteroatoms. The predicted molar refractivity (Wildman–Crippen MR) is 73.9 cm³/mol. The van der Waals surface area contributed by atoms with Gasteiger partial charge in [0.15, 0.2) is 0 Å². The summed E-state index contributed by atoms with van der Waals surface area (Å²) in [5.41, 5.74) is 2.43. The summed E-state index contributed by atoms with van der Waals surface area (Å²) in [7, 11) is 1.70. The molecule has 0 radical (unpaired) electrons. The van der Waals surface area contributed by atoms with Crippen LogP contribution in [0.15, 0.2) is 54.6 Å². The van der Waals surface area contributed by atoms with Gasteiger partial charge in [-0.15, -0.1) is 0 Å². The van der Waals surface area contributed by atoms with Crippen LogP contribution in [0.4, 0.5) is 0 Å². The number of hydrogen-bond acceptors (Lipinski definition) is 2. The van der Waals surface area contributed by atoms with Gasteiger partial charge < -0.3 is 9.47 Å². The highest BCUT2D eigenvalue weighted by Crippen LogP contribution is 2.21. The van der Waals surface area contributed by atoms with E-state index >= 15 is 0 Å². The summed E-state index contributed by atoms with van der Waals surface area (Å²) in [5, 5.41) is 0. The second-order valence-electron chi connectivity index (χ2n) is 4.09. The molecule has 0 fully saturated rings. The third kappa shape index (κ3) is 3.60. The second-order valence-corrected chi connectivity index (χ2v) is 4.09. The highest BCUT2D eigenvalue weighted by atomic mass is 16.5. The van der Waals surface area contributed by atoms with Crippen molar-refractivity contribution < 1.29 is 9.47 Å². The van der Waals surface area contributed by atoms with Crippen LogP contribution in [-0.4, -0.2) is 20.3 Å². The van der Waals surface area contributed by atoms with Crippen molar-refractivity contribution in [1.29, 1.82) is 0 Å². The van der Waals surface area contributed by atoms with E-state index in [0.29, 0.717) is 6.61 Å². The summed E-state index contributed by atoms with van der Waals surface area (Å²) in [6.45, 7) is 1.43. The third-order valence-electron chi connectivity index (χ3n) is 2.72. The maximum absolute atomic E-state index is 5.62. The van der Waals surface area contributed by atoms with E-state index in [0.717, 1.165) is 18.8 Å². The van der Waals surface area contributed by atoms with Crippen LogP contribution < -0.4 is 4.74 Å². The molecule has 0 saturated heterocycles. The molecule has 0 aromatic heterocycles. The Hall–Kier alpha value is -1.80. The van der Waals surface area contributed by atoms with Gasteiger partial charge in [-0.2, -0.15) is 0 Å². The lowest BCUT2D eigenvalue weighted by atomic mass is 10.1. The van der Waals surface area contributed by atoms with Gasteiger partial charge in [0.25, 0.3) is 0 Å². The minimum Gasteiger partial charge on any atom is -0.494 e. The quantitative estimate of drug-likeness (QED) is 0.718. The monoisotopic (exact) mass is 242 g/mol. The van der Waals surface area contributed by atoms with Crippen molar-refractivity contribution in [2.75, 3.05) is 20.3 Å². The normalized spacial score (nSPS) is 10.3. The van der Waals surface area contributed by atoms with E-state index in [1.165, 1.54) is 11.1 Å². The van der Waals surface area contributed by atoms with Gasteiger partial charge in [-0.05, 0) is 23.3 Å². The Morgan fingerprint density at radius 1 is 0.778 bits per heavy atom. The second kappa shape index (κ2) is 6.82. The molecule has 2 aromatic carbocycles. The summed E-state index contributed by atoms with van der Waals surface area (Å²) < 4.78 is 10.6. The maximum Gasteiger partial charge on any atom is 0.119 e. The molecule has 0 amide bonds. The lowest BCUT2D eigenvalue weighted by Crippen LogP contribution is -2.01. The molecule has 0 bridgehead atoms. The largest absolute Gasteiger partial charge is 0.494 e. The number of hydrogen-bond donors (Lipinski definition) is 0. The molecule has 2 nitrogen and oxygen atoms in total. The van der Waals surface area contributed by atoms with E-state index in [1.807, 2.05) is 30.3 Å². The Bertz CT molecular complexity index is 448. The fourth-order valence-corrected chi connectivity index (χ4v) is 1.77. The molecule has 2 aromatic rings. The van der Waals surface area contributed by atoms with Crippen molar-refractivity contribution in [3.8, 4) is 16.9 Å². The van der Waals surface area contributed by atoms with Crippen LogP contribution in [0.25, 0.3) is 11.1 Å². The summed E-state index contributed by atoms with van der Waals surface area (Å²) in [6, 6.07) is 18.5. The molecule has 0 aliphatic heterocycles. The highest BCUT2D eigenvalue weighted by Gasteiger charge is 1.97. The molecule has 0 N–H and O–H groups in total. The van der Waals surface area contributed by atoms with E-state index in [9.17, 15) is 0 Å². The first kappa shape index (κ1) is 12.7. The fraction of sp³-hybridized carbons (Fsp3) is 0.250. The van der Waals surface area contributed by atoms with Crippen molar-refractivity contribution in [3.05, 3.63) is 54.6 Å². The molecular weight excluding hydrogens is 224 g/mol. The van der Waals surface area contributed by atoms with Crippen molar-refractivity contribution in [2.24, 2.45) is 0 Å². The lowest BCUT2D eigenvalue weighted by molar-refractivity contribution is 0.172. The lowest BCUT2D eigenvalue weighted by Gasteiger charge is -2.07. The third-order valence-corrected chi connectivity index (χ3v) is 2.72. The molecule has 2 rings (SSSR count). The Morgan fingerprint density at radius 2 is 1.44 bits per heavy atom. The topological polar surface area (TPSA) is 18.5 Å². The van der Waals surface area contributed by atoms with Gasteiger partial charge in [0.1, 0.15) is 5.75 Å². The SMILES string of the molecule is COCCCOc1ccc(-c2ccccc2)cc1. The predicted octanol–water partition coefficient (Wildman–Crippen LogP) is 3.77. The van der Waals surface area contributed by atoms with Crippen molar-refractivity contribution in [1.82, 2.24) is 0 Å². The van der Waals surface area contributed by atoms with Crippen LogP contribution in [0.3, 0.4) is 0 Å². The number of ether oxygens (including phenoxy) is 2. The molecule has 18 heavy (non-hydrogen) atoms. The van der Waals surface area contributed by atoms with Gasteiger partial charge in [0.2, 0.25) is 0 Å². The first-order chi connectivity index (χ1) is 8.90. The van der Waals surface area contributed by atoms with Gasteiger partial charge in [-0.25, -0.2) is 0 Å². The van der Waals surface area contributed by atoms with Gasteiger partial charge in [-0.3, -0.25) is 0 Å². The Morgan fingerprint density at radius 3 is 2.11 bits per heavy atom. The minimum absolute atomic E-state index is 0.693. The zero-order chi connectivity index (χ0) is 12.6. The summed E-state index contributed by atoms with van der Waals surface area (Å²) >= 11 is 0. The molecule has 0 unspecified atom stereocenters. The first-order valence-electron chi connectivity index (χ1n) is 6.17. The average molecular weight is 242 g/mol. The molecule has 0 atom stereocenters. The van der Waals surface area contributed by atoms with E-state index in [2.05, 4.69) is 24.3 Å². The summed E-state index contributed by atoms with van der Waals surface area (Å²) in [6.07, 6.45) is 0.914. The van der Waals surface area contributed by atoms with Crippen LogP contribution in [0.2, 0.25) is 0 Å². The van der Waals surface area contributed by atoms with Crippen LogP contribution in [0.1, 0.15) is 6.42 Å². The van der Waals surface area contributed by atoms with Gasteiger partial charge in [0.05, 0.1) is 6.61 Å². The van der Waals surface area contributed by atoms with E-state index in [1.54, 1.807) is 7.11 Å². The number of rotatable bonds is 6. The number of benzene rings is 2. The molecule has 94 valence electrons. The average Bonchev–Trinajstić information content (AvgIpc) is 2.45. The zero-order valence-corrected chi connectivity index (χ0v) is 10.6. The van der Waals surface area contributed by atoms with E-state index in [-0.39, 0.29) is 0 Å². The van der Waals surface area contributed by atoms with E-state index in [4.69, 9.17) is 9.47 Å². The number of methoxy groups -OCH3 is 1. The Labute approximate surface area is 108 Å². The van der Waals surface area contributed by atoms with Crippen LogP contribution in [-0.2, 0) is 4.74 Å². The fourth-order valence-electron chi connectivity index (χ4n) is 1.77. The van der Waals surface area contributed by atoms with Gasteiger partial charge in [0, 0.05) is 20.1 Å². The summed E-state index contributed by atoms with van der Waals surface area (Å²) in [5.74, 6) is 0.908. The Balaban J connectivity index is 1.94. The molecule has 0 aliphatic rings. The van der Waals surface area contributed by atoms with Crippen LogP contribution >= 0.6 is 0 Å². The van der Waals surface area contributed by atoms with E-state index < -0.39 is 0 Å². The molecule has 0 saturated carbocycles. The minimum atomic E-state index is 0.693. The molecular formula is C16H18O2. The van der Waals surface area contributed by atoms with Crippen molar-refractivity contribution in [2.45, 2.75) is 6.42 Å². The molecule has 0 aliphatic carbocycles. The summed E-state index contributed by atoms with van der Waals surface area (Å²) in [4.78, 5) is 0. The smallest absolute Gasteiger partial charge is 0.119 e. The van der Waals surface area contributed by atoms with Crippen molar-refractivity contribution >= 4 is 0 Å².